The molecule has 0 heterocycles. The molecular weight excluding hydrogens is 270 g/mol. The van der Waals surface area contributed by atoms with Crippen LogP contribution in [-0.4, -0.2) is 30.6 Å². The summed E-state index contributed by atoms with van der Waals surface area (Å²) in [6.07, 6.45) is 3.01. The monoisotopic (exact) mass is 293 g/mol. The van der Waals surface area contributed by atoms with Gasteiger partial charge in [-0.05, 0) is 30.7 Å². The molecule has 1 aromatic carbocycles. The molecule has 0 bridgehead atoms. The highest BCUT2D eigenvalue weighted by atomic mass is 16.5. The molecule has 1 atom stereocenters. The number of amides is 1. The van der Waals surface area contributed by atoms with Crippen molar-refractivity contribution in [2.24, 2.45) is 5.92 Å². The van der Waals surface area contributed by atoms with Crippen LogP contribution in [0.3, 0.4) is 0 Å². The molecular formula is C16H23NO4. The summed E-state index contributed by atoms with van der Waals surface area (Å²) in [4.78, 5) is 24.3. The van der Waals surface area contributed by atoms with E-state index in [4.69, 9.17) is 9.84 Å². The fourth-order valence-corrected chi connectivity index (χ4v) is 2.00. The van der Waals surface area contributed by atoms with Gasteiger partial charge in [0.25, 0.3) is 0 Å². The fourth-order valence-electron chi connectivity index (χ4n) is 2.00. The molecule has 0 aromatic heterocycles. The zero-order valence-corrected chi connectivity index (χ0v) is 12.8. The van der Waals surface area contributed by atoms with Crippen molar-refractivity contribution >= 4 is 17.6 Å². The lowest BCUT2D eigenvalue weighted by molar-refractivity contribution is -0.139. The number of carboxylic acids is 1. The van der Waals surface area contributed by atoms with Gasteiger partial charge in [0, 0.05) is 18.7 Å². The maximum Gasteiger partial charge on any atom is 0.341 e. The Morgan fingerprint density at radius 2 is 1.90 bits per heavy atom. The highest BCUT2D eigenvalue weighted by Gasteiger charge is 2.18. The molecule has 1 amide bonds. The van der Waals surface area contributed by atoms with Crippen molar-refractivity contribution in [1.29, 1.82) is 0 Å². The molecule has 5 heteroatoms. The van der Waals surface area contributed by atoms with Gasteiger partial charge in [-0.25, -0.2) is 4.79 Å². The van der Waals surface area contributed by atoms with Gasteiger partial charge in [0.15, 0.2) is 6.61 Å². The molecule has 0 fully saturated rings. The summed E-state index contributed by atoms with van der Waals surface area (Å²) in [7, 11) is 1.75. The second-order valence-electron chi connectivity index (χ2n) is 5.12. The second-order valence-corrected chi connectivity index (χ2v) is 5.12. The highest BCUT2D eigenvalue weighted by Crippen LogP contribution is 2.21. The van der Waals surface area contributed by atoms with Crippen LogP contribution in [0.25, 0.3) is 0 Å². The first-order chi connectivity index (χ1) is 9.95. The van der Waals surface area contributed by atoms with Crippen molar-refractivity contribution in [3.8, 4) is 5.75 Å². The number of carbonyl (C=O) groups excluding carboxylic acids is 1. The Balaban J connectivity index is 2.63. The van der Waals surface area contributed by atoms with Gasteiger partial charge in [-0.1, -0.05) is 26.7 Å². The summed E-state index contributed by atoms with van der Waals surface area (Å²) >= 11 is 0. The molecule has 1 N–H and O–H groups in total. The molecule has 0 aliphatic rings. The lowest BCUT2D eigenvalue weighted by Crippen LogP contribution is -2.31. The van der Waals surface area contributed by atoms with Crippen LogP contribution in [0, 0.1) is 5.92 Å². The van der Waals surface area contributed by atoms with Crippen molar-refractivity contribution in [1.82, 2.24) is 0 Å². The minimum atomic E-state index is -1.02. The molecule has 116 valence electrons. The molecule has 0 aliphatic heterocycles. The topological polar surface area (TPSA) is 66.8 Å². The maximum absolute atomic E-state index is 12.3. The van der Waals surface area contributed by atoms with E-state index < -0.39 is 5.97 Å². The summed E-state index contributed by atoms with van der Waals surface area (Å²) in [5.74, 6) is -0.460. The molecule has 21 heavy (non-hydrogen) atoms. The first kappa shape index (κ1) is 17.0. The van der Waals surface area contributed by atoms with E-state index in [0.717, 1.165) is 24.9 Å². The van der Waals surface area contributed by atoms with Gasteiger partial charge in [-0.15, -0.1) is 0 Å². The number of nitrogens with zero attached hydrogens (tertiary/aromatic N) is 1. The Hall–Kier alpha value is -2.04. The van der Waals surface area contributed by atoms with E-state index in [9.17, 15) is 9.59 Å². The molecule has 5 nitrogen and oxygen atoms in total. The van der Waals surface area contributed by atoms with Crippen LogP contribution in [0.5, 0.6) is 5.75 Å². The third-order valence-electron chi connectivity index (χ3n) is 3.33. The van der Waals surface area contributed by atoms with Gasteiger partial charge < -0.3 is 14.7 Å². The van der Waals surface area contributed by atoms with Gasteiger partial charge in [0.1, 0.15) is 5.75 Å². The van der Waals surface area contributed by atoms with E-state index in [-0.39, 0.29) is 18.4 Å². The molecule has 1 rings (SSSR count). The predicted octanol–water partition coefficient (Wildman–Crippen LogP) is 2.94. The fraction of sp³-hybridized carbons (Fsp3) is 0.500. The lowest BCUT2D eigenvalue weighted by Gasteiger charge is -2.21. The third kappa shape index (κ3) is 5.45. The average molecular weight is 293 g/mol. The summed E-state index contributed by atoms with van der Waals surface area (Å²) in [5, 5.41) is 8.54. The summed E-state index contributed by atoms with van der Waals surface area (Å²) < 4.78 is 5.06. The van der Waals surface area contributed by atoms with Crippen LogP contribution in [0.2, 0.25) is 0 Å². The average Bonchev–Trinajstić information content (AvgIpc) is 2.49. The Morgan fingerprint density at radius 3 is 2.43 bits per heavy atom. The number of aliphatic carboxylic acids is 1. The summed E-state index contributed by atoms with van der Waals surface area (Å²) in [6, 6.07) is 6.83. The van der Waals surface area contributed by atoms with E-state index in [1.54, 1.807) is 36.2 Å². The molecule has 0 saturated heterocycles. The Kier molecular flexibility index (Phi) is 6.72. The quantitative estimate of drug-likeness (QED) is 0.800. The van der Waals surface area contributed by atoms with Crippen molar-refractivity contribution in [3.63, 3.8) is 0 Å². The van der Waals surface area contributed by atoms with Crippen LogP contribution < -0.4 is 9.64 Å². The van der Waals surface area contributed by atoms with Gasteiger partial charge >= 0.3 is 5.97 Å². The first-order valence-corrected chi connectivity index (χ1v) is 7.18. The van der Waals surface area contributed by atoms with E-state index >= 15 is 0 Å². The van der Waals surface area contributed by atoms with Gasteiger partial charge in [-0.3, -0.25) is 4.79 Å². The Labute approximate surface area is 125 Å². The number of carboxylic acid groups (broad SMARTS) is 1. The second kappa shape index (κ2) is 8.29. The Morgan fingerprint density at radius 1 is 1.29 bits per heavy atom. The van der Waals surface area contributed by atoms with Crippen molar-refractivity contribution < 1.29 is 19.4 Å². The van der Waals surface area contributed by atoms with E-state index in [1.807, 2.05) is 6.92 Å². The minimum Gasteiger partial charge on any atom is -0.482 e. The van der Waals surface area contributed by atoms with Crippen LogP contribution in [0.4, 0.5) is 5.69 Å². The molecule has 0 saturated carbocycles. The molecule has 1 unspecified atom stereocenters. The van der Waals surface area contributed by atoms with Crippen molar-refractivity contribution in [2.75, 3.05) is 18.6 Å². The Bertz CT molecular complexity index is 470. The van der Waals surface area contributed by atoms with E-state index in [1.165, 1.54) is 0 Å². The highest BCUT2D eigenvalue weighted by molar-refractivity contribution is 5.94. The number of anilines is 1. The number of benzene rings is 1. The normalized spacial score (nSPS) is 11.8. The largest absolute Gasteiger partial charge is 0.482 e. The van der Waals surface area contributed by atoms with Crippen LogP contribution in [-0.2, 0) is 9.59 Å². The summed E-state index contributed by atoms with van der Waals surface area (Å²) in [6.45, 7) is 3.68. The smallest absolute Gasteiger partial charge is 0.341 e. The molecule has 0 radical (unpaired) electrons. The number of rotatable bonds is 8. The van der Waals surface area contributed by atoms with Crippen LogP contribution in [0.1, 0.15) is 33.1 Å². The van der Waals surface area contributed by atoms with E-state index in [0.29, 0.717) is 5.75 Å². The number of hydrogen-bond acceptors (Lipinski definition) is 3. The third-order valence-corrected chi connectivity index (χ3v) is 3.33. The van der Waals surface area contributed by atoms with Gasteiger partial charge in [-0.2, -0.15) is 0 Å². The molecule has 0 spiro atoms. The molecule has 0 aliphatic carbocycles. The number of ether oxygens (including phenoxy) is 1. The number of unbranched alkanes of at least 4 members (excludes halogenated alkanes) is 1. The van der Waals surface area contributed by atoms with Gasteiger partial charge in [0.2, 0.25) is 5.91 Å². The standard InChI is InChI=1S/C16H23NO4/c1-4-5-6-12(2)16(20)17(3)13-7-9-14(10-8-13)21-11-15(18)19/h7-10,12H,4-6,11H2,1-3H3,(H,18,19). The number of carbonyl (C=O) groups is 2. The SMILES string of the molecule is CCCCC(C)C(=O)N(C)c1ccc(OCC(=O)O)cc1. The lowest BCUT2D eigenvalue weighted by atomic mass is 10.0. The zero-order valence-electron chi connectivity index (χ0n) is 12.8. The van der Waals surface area contributed by atoms with Gasteiger partial charge in [0.05, 0.1) is 0 Å². The van der Waals surface area contributed by atoms with Crippen LogP contribution >= 0.6 is 0 Å². The van der Waals surface area contributed by atoms with E-state index in [2.05, 4.69) is 6.92 Å². The molecule has 1 aromatic rings. The minimum absolute atomic E-state index is 0.00196. The van der Waals surface area contributed by atoms with Crippen molar-refractivity contribution in [2.45, 2.75) is 33.1 Å². The summed E-state index contributed by atoms with van der Waals surface area (Å²) in [5.41, 5.74) is 0.769. The predicted molar refractivity (Wildman–Crippen MR) is 81.7 cm³/mol. The van der Waals surface area contributed by atoms with Crippen molar-refractivity contribution in [3.05, 3.63) is 24.3 Å². The van der Waals surface area contributed by atoms with Crippen LogP contribution in [0.15, 0.2) is 24.3 Å². The maximum atomic E-state index is 12.3. The number of hydrogen-bond donors (Lipinski definition) is 1. The first-order valence-electron chi connectivity index (χ1n) is 7.18. The zero-order chi connectivity index (χ0) is 15.8.